The van der Waals surface area contributed by atoms with Gasteiger partial charge in [-0.05, 0) is 79.5 Å². The molecule has 0 atom stereocenters. The molecule has 3 nitrogen and oxygen atoms in total. The van der Waals surface area contributed by atoms with E-state index in [1.807, 2.05) is 18.3 Å². The van der Waals surface area contributed by atoms with Crippen LogP contribution < -0.4 is 0 Å². The minimum Gasteiger partial charge on any atom is -0.264 e. The fraction of sp³-hybridized carbons (Fsp3) is 0.0652. The number of nitrogens with zero attached hydrogens (tertiary/aromatic N) is 3. The second-order valence-corrected chi connectivity index (χ2v) is 13.3. The molecule has 232 valence electrons. The van der Waals surface area contributed by atoms with E-state index in [2.05, 4.69) is 158 Å². The Morgan fingerprint density at radius 1 is 0.408 bits per heavy atom. The topological polar surface area (TPSA) is 38.7 Å². The Hall–Kier alpha value is -6.19. The third kappa shape index (κ3) is 4.94. The first-order chi connectivity index (χ1) is 24.0. The van der Waals surface area contributed by atoms with Crippen LogP contribution in [0.1, 0.15) is 25.0 Å². The summed E-state index contributed by atoms with van der Waals surface area (Å²) in [6, 6.07) is 53.9. The molecule has 9 rings (SSSR count). The Labute approximate surface area is 286 Å². The molecular formula is C46H33N3. The molecule has 0 saturated carbocycles. The highest BCUT2D eigenvalue weighted by atomic mass is 14.9. The normalized spacial score (nSPS) is 12.9. The maximum atomic E-state index is 5.22. The minimum absolute atomic E-state index is 0.0595. The molecule has 0 amide bonds. The summed E-state index contributed by atoms with van der Waals surface area (Å²) in [5.74, 6) is 0.709. The Kier molecular flexibility index (Phi) is 6.80. The van der Waals surface area contributed by atoms with Gasteiger partial charge in [-0.1, -0.05) is 141 Å². The molecule has 0 radical (unpaired) electrons. The van der Waals surface area contributed by atoms with Crippen molar-refractivity contribution in [3.63, 3.8) is 0 Å². The zero-order valence-corrected chi connectivity index (χ0v) is 27.4. The van der Waals surface area contributed by atoms with Crippen molar-refractivity contribution in [1.82, 2.24) is 15.0 Å². The lowest BCUT2D eigenvalue weighted by atomic mass is 9.81. The number of hydrogen-bond acceptors (Lipinski definition) is 3. The zero-order valence-electron chi connectivity index (χ0n) is 27.4. The summed E-state index contributed by atoms with van der Waals surface area (Å²) in [5, 5.41) is 2.32. The third-order valence-electron chi connectivity index (χ3n) is 10.0. The lowest BCUT2D eigenvalue weighted by Crippen LogP contribution is -2.14. The largest absolute Gasteiger partial charge is 0.264 e. The average molecular weight is 628 g/mol. The van der Waals surface area contributed by atoms with E-state index in [4.69, 9.17) is 9.97 Å². The van der Waals surface area contributed by atoms with E-state index in [-0.39, 0.29) is 5.41 Å². The molecule has 0 fully saturated rings. The monoisotopic (exact) mass is 627 g/mol. The van der Waals surface area contributed by atoms with Crippen LogP contribution in [0.15, 0.2) is 164 Å². The van der Waals surface area contributed by atoms with Crippen LogP contribution in [0.25, 0.3) is 78.1 Å². The van der Waals surface area contributed by atoms with Crippen LogP contribution >= 0.6 is 0 Å². The predicted molar refractivity (Wildman–Crippen MR) is 202 cm³/mol. The maximum Gasteiger partial charge on any atom is 0.161 e. The van der Waals surface area contributed by atoms with Gasteiger partial charge in [0.25, 0.3) is 0 Å². The van der Waals surface area contributed by atoms with Crippen molar-refractivity contribution in [1.29, 1.82) is 0 Å². The molecule has 2 aromatic heterocycles. The summed E-state index contributed by atoms with van der Waals surface area (Å²) in [6.07, 6.45) is 3.69. The van der Waals surface area contributed by atoms with Crippen molar-refractivity contribution in [3.05, 3.63) is 175 Å². The van der Waals surface area contributed by atoms with E-state index in [0.29, 0.717) is 5.82 Å². The van der Waals surface area contributed by atoms with E-state index in [1.54, 1.807) is 6.20 Å². The second kappa shape index (κ2) is 11.5. The number of hydrogen-bond donors (Lipinski definition) is 0. The van der Waals surface area contributed by atoms with Gasteiger partial charge in [-0.15, -0.1) is 0 Å². The van der Waals surface area contributed by atoms with Crippen molar-refractivity contribution in [2.75, 3.05) is 0 Å². The van der Waals surface area contributed by atoms with Crippen LogP contribution in [0.3, 0.4) is 0 Å². The first kappa shape index (κ1) is 29.0. The van der Waals surface area contributed by atoms with Crippen molar-refractivity contribution in [2.24, 2.45) is 0 Å². The van der Waals surface area contributed by atoms with Gasteiger partial charge in [0.1, 0.15) is 0 Å². The number of rotatable bonds is 5. The molecule has 0 bridgehead atoms. The van der Waals surface area contributed by atoms with Crippen molar-refractivity contribution in [2.45, 2.75) is 19.3 Å². The molecule has 1 aliphatic carbocycles. The van der Waals surface area contributed by atoms with Gasteiger partial charge in [-0.25, -0.2) is 9.97 Å². The highest BCUT2D eigenvalue weighted by Crippen LogP contribution is 2.50. The van der Waals surface area contributed by atoms with Crippen molar-refractivity contribution < 1.29 is 0 Å². The predicted octanol–water partition coefficient (Wildman–Crippen LogP) is 11.7. The lowest BCUT2D eigenvalue weighted by Gasteiger charge is -2.22. The molecule has 1 aliphatic rings. The van der Waals surface area contributed by atoms with E-state index in [0.717, 1.165) is 44.6 Å². The van der Waals surface area contributed by atoms with E-state index in [1.165, 1.54) is 38.8 Å². The summed E-state index contributed by atoms with van der Waals surface area (Å²) < 4.78 is 0. The number of aromatic nitrogens is 3. The molecule has 0 unspecified atom stereocenters. The van der Waals surface area contributed by atoms with Crippen LogP contribution in [-0.2, 0) is 5.41 Å². The molecular weight excluding hydrogens is 595 g/mol. The highest BCUT2D eigenvalue weighted by molar-refractivity contribution is 6.04. The standard InChI is InChI=1S/C46H33N3/c1-46(2)41-17-9-8-16-38(41)39-23-22-33(27-42(39)46)35-24-25-40(37-15-7-6-14-36(35)37)45-48-43(31-11-4-3-5-12-31)28-44(49-45)32-20-18-30(19-21-32)34-13-10-26-47-29-34/h3-29H,1-2H3. The Morgan fingerprint density at radius 3 is 1.73 bits per heavy atom. The Morgan fingerprint density at radius 2 is 0.980 bits per heavy atom. The first-order valence-corrected chi connectivity index (χ1v) is 16.8. The molecule has 0 N–H and O–H groups in total. The zero-order chi connectivity index (χ0) is 33.0. The van der Waals surface area contributed by atoms with Gasteiger partial charge < -0.3 is 0 Å². The van der Waals surface area contributed by atoms with Crippen LogP contribution in [0, 0.1) is 0 Å². The molecule has 0 spiro atoms. The smallest absolute Gasteiger partial charge is 0.161 e. The van der Waals surface area contributed by atoms with Crippen LogP contribution in [0.5, 0.6) is 0 Å². The fourth-order valence-electron chi connectivity index (χ4n) is 7.46. The molecule has 8 aromatic rings. The average Bonchev–Trinajstić information content (AvgIpc) is 3.40. The molecule has 0 saturated heterocycles. The van der Waals surface area contributed by atoms with Gasteiger partial charge in [-0.3, -0.25) is 4.98 Å². The van der Waals surface area contributed by atoms with Crippen molar-refractivity contribution >= 4 is 10.8 Å². The summed E-state index contributed by atoms with van der Waals surface area (Å²) in [5.41, 5.74) is 14.9. The van der Waals surface area contributed by atoms with E-state index >= 15 is 0 Å². The quantitative estimate of drug-likeness (QED) is 0.191. The molecule has 3 heteroatoms. The Balaban J connectivity index is 1.18. The van der Waals surface area contributed by atoms with Gasteiger partial charge in [0.15, 0.2) is 5.82 Å². The van der Waals surface area contributed by atoms with Crippen LogP contribution in [0.2, 0.25) is 0 Å². The van der Waals surface area contributed by atoms with Gasteiger partial charge in [-0.2, -0.15) is 0 Å². The summed E-state index contributed by atoms with van der Waals surface area (Å²) >= 11 is 0. The van der Waals surface area contributed by atoms with Crippen molar-refractivity contribution in [3.8, 4) is 67.3 Å². The lowest BCUT2D eigenvalue weighted by molar-refractivity contribution is 0.660. The number of benzene rings is 6. The van der Waals surface area contributed by atoms with E-state index < -0.39 is 0 Å². The van der Waals surface area contributed by atoms with Crippen LogP contribution in [0.4, 0.5) is 0 Å². The van der Waals surface area contributed by atoms with Crippen LogP contribution in [-0.4, -0.2) is 15.0 Å². The number of pyridine rings is 1. The molecule has 6 aromatic carbocycles. The summed E-state index contributed by atoms with van der Waals surface area (Å²) in [4.78, 5) is 14.7. The minimum atomic E-state index is -0.0595. The summed E-state index contributed by atoms with van der Waals surface area (Å²) in [6.45, 7) is 4.67. The molecule has 49 heavy (non-hydrogen) atoms. The Bertz CT molecular complexity index is 2500. The third-order valence-corrected chi connectivity index (χ3v) is 10.0. The van der Waals surface area contributed by atoms with Gasteiger partial charge in [0.05, 0.1) is 11.4 Å². The molecule has 0 aliphatic heterocycles. The first-order valence-electron chi connectivity index (χ1n) is 16.8. The fourth-order valence-corrected chi connectivity index (χ4v) is 7.46. The van der Waals surface area contributed by atoms with Gasteiger partial charge in [0, 0.05) is 34.5 Å². The van der Waals surface area contributed by atoms with Gasteiger partial charge >= 0.3 is 0 Å². The SMILES string of the molecule is CC1(C)c2ccccc2-c2ccc(-c3ccc(-c4nc(-c5ccccc5)cc(-c5ccc(-c6cccnc6)cc5)n4)c4ccccc34)cc21. The second-order valence-electron chi connectivity index (χ2n) is 13.3. The van der Waals surface area contributed by atoms with E-state index in [9.17, 15) is 0 Å². The molecule has 2 heterocycles. The summed E-state index contributed by atoms with van der Waals surface area (Å²) in [7, 11) is 0. The maximum absolute atomic E-state index is 5.22. The number of fused-ring (bicyclic) bond motifs is 4. The van der Waals surface area contributed by atoms with Gasteiger partial charge in [0.2, 0.25) is 0 Å². The highest BCUT2D eigenvalue weighted by Gasteiger charge is 2.35.